The van der Waals surface area contributed by atoms with Crippen LogP contribution in [0.2, 0.25) is 5.02 Å². The van der Waals surface area contributed by atoms with Gasteiger partial charge < -0.3 is 5.32 Å². The monoisotopic (exact) mass is 411 g/mol. The number of rotatable bonds is 8. The Morgan fingerprint density at radius 1 is 1.32 bits per heavy atom. The van der Waals surface area contributed by atoms with Crippen LogP contribution in [0.1, 0.15) is 36.0 Å². The van der Waals surface area contributed by atoms with Crippen LogP contribution >= 0.6 is 46.0 Å². The number of carbonyl (C=O) groups is 1. The van der Waals surface area contributed by atoms with Gasteiger partial charge in [-0.3, -0.25) is 4.79 Å². The molecule has 0 saturated carbocycles. The average Bonchev–Trinajstić information content (AvgIpc) is 2.43. The molecule has 0 heterocycles. The van der Waals surface area contributed by atoms with Crippen molar-refractivity contribution >= 4 is 51.9 Å². The summed E-state index contributed by atoms with van der Waals surface area (Å²) in [5.74, 6) is -0.0743. The molecule has 0 radical (unpaired) electrons. The van der Waals surface area contributed by atoms with E-state index in [-0.39, 0.29) is 5.91 Å². The van der Waals surface area contributed by atoms with E-state index < -0.39 is 0 Å². The summed E-state index contributed by atoms with van der Waals surface area (Å²) in [6.07, 6.45) is 6.68. The van der Waals surface area contributed by atoms with Gasteiger partial charge in [-0.15, -0.1) is 11.8 Å². The Balaban J connectivity index is 2.40. The minimum absolute atomic E-state index is 0.0743. The Kier molecular flexibility index (Phi) is 8.90. The summed E-state index contributed by atoms with van der Waals surface area (Å²) < 4.78 is 1.21. The highest BCUT2D eigenvalue weighted by atomic mass is 127. The molecule has 0 aliphatic heterocycles. The van der Waals surface area contributed by atoms with Crippen LogP contribution in [-0.2, 0) is 0 Å². The van der Waals surface area contributed by atoms with Crippen molar-refractivity contribution in [1.82, 2.24) is 5.32 Å². The molecule has 106 valence electrons. The van der Waals surface area contributed by atoms with Crippen molar-refractivity contribution in [3.63, 3.8) is 0 Å². The number of nitrogens with one attached hydrogen (secondary N) is 1. The lowest BCUT2D eigenvalue weighted by molar-refractivity contribution is 0.0953. The molecular weight excluding hydrogens is 393 g/mol. The van der Waals surface area contributed by atoms with E-state index in [0.29, 0.717) is 10.6 Å². The summed E-state index contributed by atoms with van der Waals surface area (Å²) in [5, 5.41) is 3.45. The number of amides is 1. The van der Waals surface area contributed by atoms with Gasteiger partial charge in [0.1, 0.15) is 0 Å². The second-order valence-corrected chi connectivity index (χ2v) is 6.57. The van der Waals surface area contributed by atoms with Crippen LogP contribution < -0.4 is 5.32 Å². The first-order valence-corrected chi connectivity index (χ1v) is 9.49. The van der Waals surface area contributed by atoms with E-state index in [1.54, 1.807) is 17.8 Å². The fourth-order valence-corrected chi connectivity index (χ4v) is 2.86. The highest BCUT2D eigenvalue weighted by molar-refractivity contribution is 14.1. The average molecular weight is 412 g/mol. The standard InChI is InChI=1S/C14H19ClINOS/c1-19-11-6-7-13(15)12(10-11)14(18)17-9-5-3-2-4-8-16/h6-7,10H,2-5,8-9H2,1H3,(H,17,18). The van der Waals surface area contributed by atoms with Gasteiger partial charge in [-0.1, -0.05) is 47.0 Å². The first-order chi connectivity index (χ1) is 9.19. The third kappa shape index (κ3) is 6.36. The number of carbonyl (C=O) groups excluding carboxylic acids is 1. The zero-order valence-electron chi connectivity index (χ0n) is 11.0. The zero-order chi connectivity index (χ0) is 14.1. The first-order valence-electron chi connectivity index (χ1n) is 6.36. The zero-order valence-corrected chi connectivity index (χ0v) is 14.8. The molecule has 0 spiro atoms. The van der Waals surface area contributed by atoms with E-state index in [1.165, 1.54) is 23.7 Å². The third-order valence-electron chi connectivity index (χ3n) is 2.76. The molecule has 1 aromatic carbocycles. The Hall–Kier alpha value is 0.0600. The van der Waals surface area contributed by atoms with Crippen molar-refractivity contribution in [2.24, 2.45) is 0 Å². The van der Waals surface area contributed by atoms with E-state index >= 15 is 0 Å². The van der Waals surface area contributed by atoms with Gasteiger partial charge in [0.05, 0.1) is 10.6 Å². The Morgan fingerprint density at radius 2 is 2.05 bits per heavy atom. The molecule has 0 unspecified atom stereocenters. The fraction of sp³-hybridized carbons (Fsp3) is 0.500. The molecular formula is C14H19ClINOS. The predicted molar refractivity (Wildman–Crippen MR) is 92.9 cm³/mol. The van der Waals surface area contributed by atoms with Crippen molar-refractivity contribution in [1.29, 1.82) is 0 Å². The van der Waals surface area contributed by atoms with E-state index in [0.717, 1.165) is 17.9 Å². The molecule has 0 fully saturated rings. The number of hydrogen-bond donors (Lipinski definition) is 1. The second-order valence-electron chi connectivity index (χ2n) is 4.20. The summed E-state index contributed by atoms with van der Waals surface area (Å²) in [6, 6.07) is 5.55. The van der Waals surface area contributed by atoms with Crippen LogP contribution in [0.25, 0.3) is 0 Å². The maximum atomic E-state index is 12.0. The largest absolute Gasteiger partial charge is 0.352 e. The number of hydrogen-bond acceptors (Lipinski definition) is 2. The molecule has 2 nitrogen and oxygen atoms in total. The molecule has 1 amide bonds. The highest BCUT2D eigenvalue weighted by Gasteiger charge is 2.10. The molecule has 0 bridgehead atoms. The summed E-state index contributed by atoms with van der Waals surface area (Å²) >= 11 is 10.1. The number of thioether (sulfide) groups is 1. The van der Waals surface area contributed by atoms with E-state index in [4.69, 9.17) is 11.6 Å². The lowest BCUT2D eigenvalue weighted by atomic mass is 10.2. The number of halogens is 2. The van der Waals surface area contributed by atoms with Gasteiger partial charge in [0.15, 0.2) is 0 Å². The molecule has 1 N–H and O–H groups in total. The van der Waals surface area contributed by atoms with Gasteiger partial charge in [-0.25, -0.2) is 0 Å². The van der Waals surface area contributed by atoms with Crippen molar-refractivity contribution in [3.8, 4) is 0 Å². The van der Waals surface area contributed by atoms with Crippen LogP contribution in [0, 0.1) is 0 Å². The predicted octanol–water partition coefficient (Wildman–Crippen LogP) is 4.79. The first kappa shape index (κ1) is 17.1. The van der Waals surface area contributed by atoms with Gasteiger partial charge in [0.25, 0.3) is 5.91 Å². The maximum Gasteiger partial charge on any atom is 0.252 e. The maximum absolute atomic E-state index is 12.0. The molecule has 0 aliphatic carbocycles. The van der Waals surface area contributed by atoms with Gasteiger partial charge in [0, 0.05) is 11.4 Å². The van der Waals surface area contributed by atoms with Crippen LogP contribution in [-0.4, -0.2) is 23.1 Å². The van der Waals surface area contributed by atoms with Gasteiger partial charge in [-0.2, -0.15) is 0 Å². The molecule has 0 aromatic heterocycles. The topological polar surface area (TPSA) is 29.1 Å². The van der Waals surface area contributed by atoms with Crippen LogP contribution in [0.4, 0.5) is 0 Å². The quantitative estimate of drug-likeness (QED) is 0.288. The molecule has 0 atom stereocenters. The van der Waals surface area contributed by atoms with E-state index in [2.05, 4.69) is 27.9 Å². The minimum Gasteiger partial charge on any atom is -0.352 e. The number of unbranched alkanes of at least 4 members (excludes halogenated alkanes) is 3. The molecule has 0 saturated heterocycles. The Bertz CT molecular complexity index is 414. The van der Waals surface area contributed by atoms with Gasteiger partial charge in [-0.05, 0) is 41.7 Å². The smallest absolute Gasteiger partial charge is 0.252 e. The molecule has 1 rings (SSSR count). The van der Waals surface area contributed by atoms with Crippen molar-refractivity contribution < 1.29 is 4.79 Å². The molecule has 0 aliphatic rings. The normalized spacial score (nSPS) is 10.5. The summed E-state index contributed by atoms with van der Waals surface area (Å²) in [5.41, 5.74) is 0.570. The number of benzene rings is 1. The van der Waals surface area contributed by atoms with Crippen molar-refractivity contribution in [2.75, 3.05) is 17.2 Å². The second kappa shape index (κ2) is 9.88. The molecule has 1 aromatic rings. The van der Waals surface area contributed by atoms with Crippen molar-refractivity contribution in [3.05, 3.63) is 28.8 Å². The van der Waals surface area contributed by atoms with E-state index in [9.17, 15) is 4.79 Å². The van der Waals surface area contributed by atoms with E-state index in [1.807, 2.05) is 18.4 Å². The summed E-state index contributed by atoms with van der Waals surface area (Å²) in [7, 11) is 0. The van der Waals surface area contributed by atoms with Crippen LogP contribution in [0.3, 0.4) is 0 Å². The van der Waals surface area contributed by atoms with Crippen LogP contribution in [0.5, 0.6) is 0 Å². The van der Waals surface area contributed by atoms with Crippen molar-refractivity contribution in [2.45, 2.75) is 30.6 Å². The Morgan fingerprint density at radius 3 is 2.74 bits per heavy atom. The summed E-state index contributed by atoms with van der Waals surface area (Å²) in [6.45, 7) is 0.722. The lowest BCUT2D eigenvalue weighted by Crippen LogP contribution is -2.24. The SMILES string of the molecule is CSc1ccc(Cl)c(C(=O)NCCCCCCI)c1. The lowest BCUT2D eigenvalue weighted by Gasteiger charge is -2.08. The molecule has 19 heavy (non-hydrogen) atoms. The van der Waals surface area contributed by atoms with Gasteiger partial charge in [0.2, 0.25) is 0 Å². The summed E-state index contributed by atoms with van der Waals surface area (Å²) in [4.78, 5) is 13.1. The highest BCUT2D eigenvalue weighted by Crippen LogP contribution is 2.22. The van der Waals surface area contributed by atoms with Gasteiger partial charge >= 0.3 is 0 Å². The Labute approximate surface area is 138 Å². The van der Waals surface area contributed by atoms with Crippen LogP contribution in [0.15, 0.2) is 23.1 Å². The third-order valence-corrected chi connectivity index (χ3v) is 4.58. The number of alkyl halides is 1. The fourth-order valence-electron chi connectivity index (χ4n) is 1.68. The minimum atomic E-state index is -0.0743. The molecule has 5 heteroatoms.